The third kappa shape index (κ3) is 3.39. The number of carbonyl (C=O) groups is 1. The molecule has 0 aliphatic rings. The van der Waals surface area contributed by atoms with Crippen molar-refractivity contribution in [1.29, 1.82) is 0 Å². The molecule has 0 radical (unpaired) electrons. The molecule has 0 saturated carbocycles. The quantitative estimate of drug-likeness (QED) is 0.634. The molecule has 0 spiro atoms. The van der Waals surface area contributed by atoms with Gasteiger partial charge in [-0.05, 0) is 46.7 Å². The van der Waals surface area contributed by atoms with Crippen molar-refractivity contribution < 1.29 is 4.79 Å². The van der Waals surface area contributed by atoms with E-state index in [1.165, 1.54) is 0 Å². The summed E-state index contributed by atoms with van der Waals surface area (Å²) in [6.45, 7) is 0. The first-order valence-electron chi connectivity index (χ1n) is 5.41. The molecule has 1 aromatic heterocycles. The fourth-order valence-electron chi connectivity index (χ4n) is 1.67. The number of aryl methyl sites for hydroxylation is 2. The summed E-state index contributed by atoms with van der Waals surface area (Å²) in [5.41, 5.74) is 1.90. The fraction of sp³-hybridized carbons (Fsp3) is 0.231. The van der Waals surface area contributed by atoms with Gasteiger partial charge in [0, 0.05) is 28.8 Å². The van der Waals surface area contributed by atoms with Crippen LogP contribution in [-0.4, -0.2) is 15.6 Å². The van der Waals surface area contributed by atoms with Crippen LogP contribution in [0, 0.1) is 3.57 Å². The minimum Gasteiger partial charge on any atom is -0.294 e. The smallest absolute Gasteiger partial charge is 0.163 e. The second-order valence-corrected chi connectivity index (χ2v) is 5.20. The van der Waals surface area contributed by atoms with Crippen molar-refractivity contribution in [1.82, 2.24) is 9.78 Å². The number of nitrogens with zero attached hydrogens (tertiary/aromatic N) is 2. The lowest BCUT2D eigenvalue weighted by atomic mass is 10.0. The van der Waals surface area contributed by atoms with Crippen molar-refractivity contribution in [3.8, 4) is 0 Å². The molecular formula is C13H13IN2O. The van der Waals surface area contributed by atoms with Gasteiger partial charge in [-0.15, -0.1) is 0 Å². The Balaban J connectivity index is 1.98. The molecule has 2 aromatic rings. The molecule has 0 bridgehead atoms. The molecule has 1 aromatic carbocycles. The number of halogens is 1. The molecule has 17 heavy (non-hydrogen) atoms. The number of benzene rings is 1. The van der Waals surface area contributed by atoms with Crippen molar-refractivity contribution >= 4 is 28.4 Å². The van der Waals surface area contributed by atoms with Gasteiger partial charge in [-0.3, -0.25) is 9.48 Å². The molecule has 0 saturated heterocycles. The van der Waals surface area contributed by atoms with E-state index in [0.29, 0.717) is 6.42 Å². The molecule has 0 aliphatic heterocycles. The highest BCUT2D eigenvalue weighted by Crippen LogP contribution is 2.11. The standard InChI is InChI=1S/C13H13IN2O/c1-16-9-10(8-15-16)5-6-13(17)11-3-2-4-12(14)7-11/h2-4,7-9H,5-6H2,1H3. The number of carbonyl (C=O) groups excluding carboxylic acids is 1. The zero-order valence-electron chi connectivity index (χ0n) is 9.56. The number of ketones is 1. The number of hydrogen-bond donors (Lipinski definition) is 0. The Morgan fingerprint density at radius 2 is 2.29 bits per heavy atom. The van der Waals surface area contributed by atoms with Gasteiger partial charge in [-0.1, -0.05) is 12.1 Å². The van der Waals surface area contributed by atoms with Crippen LogP contribution in [0.15, 0.2) is 36.7 Å². The van der Waals surface area contributed by atoms with Crippen LogP contribution in [0.4, 0.5) is 0 Å². The van der Waals surface area contributed by atoms with Crippen LogP contribution >= 0.6 is 22.6 Å². The molecule has 4 heteroatoms. The molecule has 0 unspecified atom stereocenters. The maximum Gasteiger partial charge on any atom is 0.163 e. The predicted molar refractivity (Wildman–Crippen MR) is 75.0 cm³/mol. The first-order chi connectivity index (χ1) is 8.15. The first-order valence-corrected chi connectivity index (χ1v) is 6.49. The van der Waals surface area contributed by atoms with Gasteiger partial charge in [0.15, 0.2) is 5.78 Å². The lowest BCUT2D eigenvalue weighted by Crippen LogP contribution is -2.01. The molecule has 0 atom stereocenters. The number of rotatable bonds is 4. The Morgan fingerprint density at radius 3 is 2.94 bits per heavy atom. The van der Waals surface area contributed by atoms with Crippen LogP contribution in [0.3, 0.4) is 0 Å². The minimum absolute atomic E-state index is 0.187. The van der Waals surface area contributed by atoms with Crippen LogP contribution < -0.4 is 0 Å². The highest BCUT2D eigenvalue weighted by molar-refractivity contribution is 14.1. The highest BCUT2D eigenvalue weighted by atomic mass is 127. The van der Waals surface area contributed by atoms with Gasteiger partial charge in [0.05, 0.1) is 6.20 Å². The van der Waals surface area contributed by atoms with Crippen LogP contribution in [0.2, 0.25) is 0 Å². The Hall–Kier alpha value is -1.17. The highest BCUT2D eigenvalue weighted by Gasteiger charge is 2.07. The molecule has 3 nitrogen and oxygen atoms in total. The van der Waals surface area contributed by atoms with Crippen molar-refractivity contribution in [2.24, 2.45) is 7.05 Å². The summed E-state index contributed by atoms with van der Waals surface area (Å²) in [5, 5.41) is 4.09. The number of Topliss-reactive ketones (excluding diaryl/α,β-unsaturated/α-hetero) is 1. The Bertz CT molecular complexity index is 534. The molecule has 88 valence electrons. The summed E-state index contributed by atoms with van der Waals surface area (Å²) in [6.07, 6.45) is 5.04. The summed E-state index contributed by atoms with van der Waals surface area (Å²) in [5.74, 6) is 0.187. The second kappa shape index (κ2) is 5.44. The van der Waals surface area contributed by atoms with E-state index in [-0.39, 0.29) is 5.78 Å². The summed E-state index contributed by atoms with van der Waals surface area (Å²) in [4.78, 5) is 11.9. The van der Waals surface area contributed by atoms with Crippen molar-refractivity contribution in [2.75, 3.05) is 0 Å². The van der Waals surface area contributed by atoms with Gasteiger partial charge in [0.25, 0.3) is 0 Å². The maximum absolute atomic E-state index is 11.9. The van der Waals surface area contributed by atoms with Crippen LogP contribution in [-0.2, 0) is 13.5 Å². The molecule has 2 rings (SSSR count). The second-order valence-electron chi connectivity index (χ2n) is 3.96. The van der Waals surface area contributed by atoms with Crippen LogP contribution in [0.5, 0.6) is 0 Å². The van der Waals surface area contributed by atoms with E-state index < -0.39 is 0 Å². The first kappa shape index (κ1) is 12.3. The normalized spacial score (nSPS) is 10.5. The Morgan fingerprint density at radius 1 is 1.47 bits per heavy atom. The molecule has 0 fully saturated rings. The third-order valence-corrected chi connectivity index (χ3v) is 3.22. The van der Waals surface area contributed by atoms with E-state index in [1.807, 2.05) is 43.7 Å². The fourth-order valence-corrected chi connectivity index (χ4v) is 2.21. The summed E-state index contributed by atoms with van der Waals surface area (Å²) in [6, 6.07) is 7.69. The Kier molecular flexibility index (Phi) is 3.93. The largest absolute Gasteiger partial charge is 0.294 e. The topological polar surface area (TPSA) is 34.9 Å². The summed E-state index contributed by atoms with van der Waals surface area (Å²) < 4.78 is 2.85. The van der Waals surface area contributed by atoms with Gasteiger partial charge < -0.3 is 0 Å². The summed E-state index contributed by atoms with van der Waals surface area (Å²) >= 11 is 2.22. The van der Waals surface area contributed by atoms with Crippen molar-refractivity contribution in [2.45, 2.75) is 12.8 Å². The molecule has 0 amide bonds. The van der Waals surface area contributed by atoms with Gasteiger partial charge in [0.1, 0.15) is 0 Å². The minimum atomic E-state index is 0.187. The average molecular weight is 340 g/mol. The Labute approximate surface area is 114 Å². The molecular weight excluding hydrogens is 327 g/mol. The lowest BCUT2D eigenvalue weighted by molar-refractivity contribution is 0.0983. The SMILES string of the molecule is Cn1cc(CCC(=O)c2cccc(I)c2)cn1. The third-order valence-electron chi connectivity index (χ3n) is 2.55. The van der Waals surface area contributed by atoms with E-state index in [4.69, 9.17) is 0 Å². The zero-order valence-corrected chi connectivity index (χ0v) is 11.7. The maximum atomic E-state index is 11.9. The number of hydrogen-bond acceptors (Lipinski definition) is 2. The summed E-state index contributed by atoms with van der Waals surface area (Å²) in [7, 11) is 1.88. The van der Waals surface area contributed by atoms with Gasteiger partial charge in [-0.2, -0.15) is 5.10 Å². The van der Waals surface area contributed by atoms with E-state index >= 15 is 0 Å². The molecule has 1 heterocycles. The van der Waals surface area contributed by atoms with Crippen molar-refractivity contribution in [3.63, 3.8) is 0 Å². The predicted octanol–water partition coefficient (Wildman–Crippen LogP) is 2.84. The van der Waals surface area contributed by atoms with E-state index in [1.54, 1.807) is 4.68 Å². The van der Waals surface area contributed by atoms with E-state index in [2.05, 4.69) is 27.7 Å². The van der Waals surface area contributed by atoms with Crippen LogP contribution in [0.25, 0.3) is 0 Å². The lowest BCUT2D eigenvalue weighted by Gasteiger charge is -2.00. The van der Waals surface area contributed by atoms with Crippen molar-refractivity contribution in [3.05, 3.63) is 51.4 Å². The van der Waals surface area contributed by atoms with Crippen LogP contribution in [0.1, 0.15) is 22.3 Å². The zero-order chi connectivity index (χ0) is 12.3. The van der Waals surface area contributed by atoms with E-state index in [9.17, 15) is 4.79 Å². The van der Waals surface area contributed by atoms with Gasteiger partial charge in [0.2, 0.25) is 0 Å². The molecule has 0 N–H and O–H groups in total. The monoisotopic (exact) mass is 340 g/mol. The molecule has 0 aliphatic carbocycles. The van der Waals surface area contributed by atoms with Gasteiger partial charge >= 0.3 is 0 Å². The van der Waals surface area contributed by atoms with E-state index in [0.717, 1.165) is 21.1 Å². The number of aromatic nitrogens is 2. The average Bonchev–Trinajstić information content (AvgIpc) is 2.72. The van der Waals surface area contributed by atoms with Gasteiger partial charge in [-0.25, -0.2) is 0 Å².